The minimum atomic E-state index is -0.0831. The summed E-state index contributed by atoms with van der Waals surface area (Å²) in [6.45, 7) is 7.01. The van der Waals surface area contributed by atoms with Gasteiger partial charge in [0, 0.05) is 32.6 Å². The normalized spacial score (nSPS) is 12.3. The molecule has 0 aliphatic heterocycles. The molecule has 0 radical (unpaired) electrons. The molecule has 7 aromatic rings. The van der Waals surface area contributed by atoms with Crippen molar-refractivity contribution in [3.05, 3.63) is 115 Å². The molecule has 0 fully saturated rings. The van der Waals surface area contributed by atoms with E-state index >= 15 is 0 Å². The zero-order valence-corrected chi connectivity index (χ0v) is 20.8. The molecule has 0 aliphatic carbocycles. The molecule has 36 heavy (non-hydrogen) atoms. The van der Waals surface area contributed by atoms with E-state index in [-0.39, 0.29) is 5.41 Å². The fourth-order valence-corrected chi connectivity index (χ4v) is 6.01. The number of nitrogens with one attached hydrogen (secondary N) is 1. The van der Waals surface area contributed by atoms with Crippen LogP contribution in [-0.2, 0) is 5.41 Å². The molecule has 2 nitrogen and oxygen atoms in total. The van der Waals surface area contributed by atoms with Crippen molar-refractivity contribution >= 4 is 43.6 Å². The molecule has 174 valence electrons. The highest BCUT2D eigenvalue weighted by Crippen LogP contribution is 2.44. The highest BCUT2D eigenvalue weighted by molar-refractivity contribution is 6.17. The molecule has 2 heteroatoms. The van der Waals surface area contributed by atoms with Gasteiger partial charge in [-0.05, 0) is 52.4 Å². The summed E-state index contributed by atoms with van der Waals surface area (Å²) in [4.78, 5) is 3.74. The van der Waals surface area contributed by atoms with Gasteiger partial charge in [0.2, 0.25) is 0 Å². The number of para-hydroxylation sites is 2. The molecule has 0 aliphatic rings. The van der Waals surface area contributed by atoms with Crippen molar-refractivity contribution in [1.82, 2.24) is 9.55 Å². The van der Waals surface area contributed by atoms with Gasteiger partial charge in [-0.1, -0.05) is 99.6 Å². The van der Waals surface area contributed by atoms with Crippen LogP contribution in [0.2, 0.25) is 0 Å². The predicted molar refractivity (Wildman–Crippen MR) is 154 cm³/mol. The number of nitrogens with zero attached hydrogens (tertiary/aromatic N) is 1. The van der Waals surface area contributed by atoms with Gasteiger partial charge in [-0.3, -0.25) is 0 Å². The van der Waals surface area contributed by atoms with E-state index in [1.165, 1.54) is 66.0 Å². The Morgan fingerprint density at radius 1 is 0.556 bits per heavy atom. The maximum atomic E-state index is 3.74. The first kappa shape index (κ1) is 21.0. The lowest BCUT2D eigenvalue weighted by atomic mass is 9.82. The molecule has 0 bridgehead atoms. The maximum Gasteiger partial charge on any atom is 0.0541 e. The van der Waals surface area contributed by atoms with Gasteiger partial charge in [0.1, 0.15) is 0 Å². The standard InChI is InChI=1S/C34H28N2/c1-34(2,3)33-30(36-28-18-9-7-14-24(28)25-15-8-10-19-29(25)36)21-20-27-32(33)31-23(16-11-17-26(31)35-27)22-12-5-4-6-13-22/h4-21,35H,1-3H3. The molecule has 0 saturated heterocycles. The van der Waals surface area contributed by atoms with E-state index in [1.807, 2.05) is 0 Å². The van der Waals surface area contributed by atoms with Gasteiger partial charge < -0.3 is 9.55 Å². The SMILES string of the molecule is CC(C)(C)c1c(-n2c3ccccc3c3ccccc32)ccc2[nH]c3cccc(-c4ccccc4)c3c12. The van der Waals surface area contributed by atoms with Gasteiger partial charge in [-0.25, -0.2) is 0 Å². The molecule has 7 rings (SSSR count). The van der Waals surface area contributed by atoms with Crippen LogP contribution >= 0.6 is 0 Å². The zero-order chi connectivity index (χ0) is 24.4. The summed E-state index contributed by atoms with van der Waals surface area (Å²) >= 11 is 0. The fraction of sp³-hybridized carbons (Fsp3) is 0.118. The molecule has 0 unspecified atom stereocenters. The molecule has 2 aromatic heterocycles. The third kappa shape index (κ3) is 2.97. The molecule has 0 atom stereocenters. The van der Waals surface area contributed by atoms with Crippen LogP contribution in [0.15, 0.2) is 109 Å². The van der Waals surface area contributed by atoms with E-state index in [4.69, 9.17) is 0 Å². The number of hydrogen-bond acceptors (Lipinski definition) is 0. The van der Waals surface area contributed by atoms with Gasteiger partial charge in [0.15, 0.2) is 0 Å². The van der Waals surface area contributed by atoms with Crippen molar-refractivity contribution in [2.24, 2.45) is 0 Å². The second-order valence-electron chi connectivity index (χ2n) is 10.7. The van der Waals surface area contributed by atoms with Crippen LogP contribution in [0.25, 0.3) is 60.4 Å². The number of aromatic nitrogens is 2. The van der Waals surface area contributed by atoms with Gasteiger partial charge >= 0.3 is 0 Å². The highest BCUT2D eigenvalue weighted by Gasteiger charge is 2.27. The Bertz CT molecular complexity index is 1860. The molecule has 0 saturated carbocycles. The molecule has 0 amide bonds. The van der Waals surface area contributed by atoms with Crippen molar-refractivity contribution in [2.75, 3.05) is 0 Å². The van der Waals surface area contributed by atoms with E-state index in [1.54, 1.807) is 0 Å². The Labute approximate surface area is 210 Å². The van der Waals surface area contributed by atoms with E-state index in [2.05, 4.69) is 140 Å². The Kier molecular flexibility index (Phi) is 4.44. The van der Waals surface area contributed by atoms with E-state index in [0.29, 0.717) is 0 Å². The summed E-state index contributed by atoms with van der Waals surface area (Å²) in [5, 5.41) is 5.19. The predicted octanol–water partition coefficient (Wildman–Crippen LogP) is 9.38. The number of benzene rings is 5. The average molecular weight is 465 g/mol. The summed E-state index contributed by atoms with van der Waals surface area (Å²) < 4.78 is 2.47. The van der Waals surface area contributed by atoms with Crippen LogP contribution < -0.4 is 0 Å². The molecular weight excluding hydrogens is 436 g/mol. The summed E-state index contributed by atoms with van der Waals surface area (Å²) in [5.41, 5.74) is 9.88. The molecule has 0 spiro atoms. The lowest BCUT2D eigenvalue weighted by Gasteiger charge is -2.26. The number of rotatable bonds is 2. The Hall–Kier alpha value is -4.30. The topological polar surface area (TPSA) is 20.7 Å². The highest BCUT2D eigenvalue weighted by atomic mass is 15.0. The van der Waals surface area contributed by atoms with Gasteiger partial charge in [0.05, 0.1) is 16.7 Å². The van der Waals surface area contributed by atoms with Gasteiger partial charge in [0.25, 0.3) is 0 Å². The second kappa shape index (κ2) is 7.60. The van der Waals surface area contributed by atoms with Crippen molar-refractivity contribution in [3.63, 3.8) is 0 Å². The number of H-pyrrole nitrogens is 1. The Morgan fingerprint density at radius 3 is 1.83 bits per heavy atom. The first-order valence-corrected chi connectivity index (χ1v) is 12.6. The number of fused-ring (bicyclic) bond motifs is 6. The Balaban J connectivity index is 1.69. The number of aromatic amines is 1. The van der Waals surface area contributed by atoms with Gasteiger partial charge in [-0.15, -0.1) is 0 Å². The third-order valence-electron chi connectivity index (χ3n) is 7.42. The van der Waals surface area contributed by atoms with Crippen LogP contribution in [0.3, 0.4) is 0 Å². The van der Waals surface area contributed by atoms with Gasteiger partial charge in [-0.2, -0.15) is 0 Å². The fourth-order valence-electron chi connectivity index (χ4n) is 6.01. The van der Waals surface area contributed by atoms with E-state index in [0.717, 1.165) is 0 Å². The van der Waals surface area contributed by atoms with Crippen LogP contribution in [0.1, 0.15) is 26.3 Å². The number of hydrogen-bond donors (Lipinski definition) is 1. The lowest BCUT2D eigenvalue weighted by Crippen LogP contribution is -2.16. The summed E-state index contributed by atoms with van der Waals surface area (Å²) in [5.74, 6) is 0. The smallest absolute Gasteiger partial charge is 0.0541 e. The first-order valence-electron chi connectivity index (χ1n) is 12.6. The molecule has 2 heterocycles. The Morgan fingerprint density at radius 2 is 1.17 bits per heavy atom. The summed E-state index contributed by atoms with van der Waals surface area (Å²) in [6.07, 6.45) is 0. The van der Waals surface area contributed by atoms with Crippen LogP contribution in [-0.4, -0.2) is 9.55 Å². The second-order valence-corrected chi connectivity index (χ2v) is 10.7. The minimum absolute atomic E-state index is 0.0831. The van der Waals surface area contributed by atoms with E-state index < -0.39 is 0 Å². The maximum absolute atomic E-state index is 3.74. The quantitative estimate of drug-likeness (QED) is 0.263. The molecule has 1 N–H and O–H groups in total. The molecular formula is C34H28N2. The zero-order valence-electron chi connectivity index (χ0n) is 20.8. The largest absolute Gasteiger partial charge is 0.354 e. The minimum Gasteiger partial charge on any atom is -0.354 e. The van der Waals surface area contributed by atoms with Crippen LogP contribution in [0.5, 0.6) is 0 Å². The molecule has 5 aromatic carbocycles. The van der Waals surface area contributed by atoms with Crippen molar-refractivity contribution < 1.29 is 0 Å². The summed E-state index contributed by atoms with van der Waals surface area (Å²) in [6, 6.07) is 39.5. The van der Waals surface area contributed by atoms with Crippen molar-refractivity contribution in [2.45, 2.75) is 26.2 Å². The van der Waals surface area contributed by atoms with Crippen LogP contribution in [0.4, 0.5) is 0 Å². The lowest BCUT2D eigenvalue weighted by molar-refractivity contribution is 0.593. The monoisotopic (exact) mass is 464 g/mol. The average Bonchev–Trinajstić information content (AvgIpc) is 3.44. The summed E-state index contributed by atoms with van der Waals surface area (Å²) in [7, 11) is 0. The third-order valence-corrected chi connectivity index (χ3v) is 7.42. The first-order chi connectivity index (χ1) is 17.5. The van der Waals surface area contributed by atoms with Crippen LogP contribution in [0, 0.1) is 0 Å². The van der Waals surface area contributed by atoms with Crippen molar-refractivity contribution in [1.29, 1.82) is 0 Å². The van der Waals surface area contributed by atoms with E-state index in [9.17, 15) is 0 Å². The van der Waals surface area contributed by atoms with Crippen molar-refractivity contribution in [3.8, 4) is 16.8 Å².